The second-order valence-corrected chi connectivity index (χ2v) is 4.03. The first-order valence-corrected chi connectivity index (χ1v) is 5.17. The normalized spacial score (nSPS) is 20.8. The Morgan fingerprint density at radius 1 is 1.27 bits per heavy atom. The number of aromatic nitrogens is 1. The number of hydrogen-bond donors (Lipinski definition) is 2. The van der Waals surface area contributed by atoms with Crippen molar-refractivity contribution in [1.29, 1.82) is 0 Å². The van der Waals surface area contributed by atoms with Gasteiger partial charge in [-0.3, -0.25) is 4.79 Å². The van der Waals surface area contributed by atoms with Gasteiger partial charge in [-0.25, -0.2) is 0 Å². The third kappa shape index (κ3) is 1.40. The van der Waals surface area contributed by atoms with Crippen molar-refractivity contribution in [3.63, 3.8) is 0 Å². The van der Waals surface area contributed by atoms with Crippen LogP contribution in [-0.2, 0) is 4.79 Å². The van der Waals surface area contributed by atoms with E-state index in [2.05, 4.69) is 34.6 Å². The maximum atomic E-state index is 11.1. The summed E-state index contributed by atoms with van der Waals surface area (Å²) in [4.78, 5) is 14.3. The minimum Gasteiger partial charge on any atom is -0.361 e. The lowest BCUT2D eigenvalue weighted by Crippen LogP contribution is -2.13. The number of carbonyl (C=O) groups is 1. The van der Waals surface area contributed by atoms with Gasteiger partial charge in [0.15, 0.2) is 0 Å². The number of aromatic amines is 1. The maximum absolute atomic E-state index is 11.1. The molecule has 0 bridgehead atoms. The molecule has 1 aromatic heterocycles. The number of fused-ring (bicyclic) bond motifs is 1. The molecule has 0 saturated carbocycles. The van der Waals surface area contributed by atoms with Crippen LogP contribution in [0, 0.1) is 0 Å². The van der Waals surface area contributed by atoms with Crippen LogP contribution < -0.4 is 5.32 Å². The minimum atomic E-state index is 0.161. The molecule has 3 rings (SSSR count). The molecule has 2 heterocycles. The summed E-state index contributed by atoms with van der Waals surface area (Å²) in [5.41, 5.74) is 2.40. The van der Waals surface area contributed by atoms with Crippen LogP contribution in [0.5, 0.6) is 0 Å². The summed E-state index contributed by atoms with van der Waals surface area (Å²) in [6, 6.07) is 8.40. The van der Waals surface area contributed by atoms with Crippen LogP contribution in [0.15, 0.2) is 30.5 Å². The van der Waals surface area contributed by atoms with Crippen LogP contribution in [0.1, 0.15) is 17.9 Å². The van der Waals surface area contributed by atoms with E-state index in [-0.39, 0.29) is 5.91 Å². The molecule has 2 aromatic rings. The van der Waals surface area contributed by atoms with Crippen LogP contribution in [-0.4, -0.2) is 17.4 Å². The molecular weight excluding hydrogens is 188 g/mol. The standard InChI is InChI=1S/C12H12N2O/c15-12-6-10(7-14-12)8-1-2-11-9(5-8)3-4-13-11/h1-5,10,13H,6-7H2,(H,14,15). The van der Waals surface area contributed by atoms with Crippen molar-refractivity contribution >= 4 is 16.8 Å². The first kappa shape index (κ1) is 8.53. The molecule has 1 aliphatic heterocycles. The zero-order valence-electron chi connectivity index (χ0n) is 8.29. The quantitative estimate of drug-likeness (QED) is 0.724. The Kier molecular flexibility index (Phi) is 1.78. The van der Waals surface area contributed by atoms with E-state index in [4.69, 9.17) is 0 Å². The molecule has 0 radical (unpaired) electrons. The van der Waals surface area contributed by atoms with Gasteiger partial charge in [-0.1, -0.05) is 6.07 Å². The lowest BCUT2D eigenvalue weighted by atomic mass is 9.97. The third-order valence-corrected chi connectivity index (χ3v) is 3.03. The first-order chi connectivity index (χ1) is 7.33. The molecule has 1 aromatic carbocycles. The molecule has 1 atom stereocenters. The fourth-order valence-corrected chi connectivity index (χ4v) is 2.17. The van der Waals surface area contributed by atoms with Crippen LogP contribution in [0.3, 0.4) is 0 Å². The summed E-state index contributed by atoms with van der Waals surface area (Å²) >= 11 is 0. The number of H-pyrrole nitrogens is 1. The molecule has 76 valence electrons. The average Bonchev–Trinajstić information content (AvgIpc) is 2.84. The Labute approximate surface area is 87.5 Å². The molecule has 3 heteroatoms. The maximum Gasteiger partial charge on any atom is 0.220 e. The summed E-state index contributed by atoms with van der Waals surface area (Å²) < 4.78 is 0. The van der Waals surface area contributed by atoms with Crippen molar-refractivity contribution in [2.45, 2.75) is 12.3 Å². The topological polar surface area (TPSA) is 44.9 Å². The van der Waals surface area contributed by atoms with E-state index in [1.54, 1.807) is 0 Å². The largest absolute Gasteiger partial charge is 0.361 e. The van der Waals surface area contributed by atoms with Crippen molar-refractivity contribution in [3.8, 4) is 0 Å². The molecule has 0 aliphatic carbocycles. The summed E-state index contributed by atoms with van der Waals surface area (Å²) in [5, 5.41) is 4.08. The first-order valence-electron chi connectivity index (χ1n) is 5.17. The lowest BCUT2D eigenvalue weighted by molar-refractivity contribution is -0.119. The second-order valence-electron chi connectivity index (χ2n) is 4.03. The number of carbonyl (C=O) groups excluding carboxylic acids is 1. The molecule has 2 N–H and O–H groups in total. The molecular formula is C12H12N2O. The van der Waals surface area contributed by atoms with Gasteiger partial charge in [0, 0.05) is 30.6 Å². The molecule has 1 saturated heterocycles. The van der Waals surface area contributed by atoms with E-state index in [0.717, 1.165) is 12.1 Å². The Morgan fingerprint density at radius 3 is 3.00 bits per heavy atom. The molecule has 1 unspecified atom stereocenters. The summed E-state index contributed by atoms with van der Waals surface area (Å²) in [6.45, 7) is 0.773. The number of hydrogen-bond acceptors (Lipinski definition) is 1. The van der Waals surface area contributed by atoms with Gasteiger partial charge in [0.2, 0.25) is 5.91 Å². The van der Waals surface area contributed by atoms with E-state index in [1.807, 2.05) is 6.20 Å². The number of nitrogens with one attached hydrogen (secondary N) is 2. The third-order valence-electron chi connectivity index (χ3n) is 3.03. The predicted molar refractivity (Wildman–Crippen MR) is 58.7 cm³/mol. The van der Waals surface area contributed by atoms with E-state index in [0.29, 0.717) is 12.3 Å². The number of amides is 1. The van der Waals surface area contributed by atoms with Crippen LogP contribution >= 0.6 is 0 Å². The van der Waals surface area contributed by atoms with Gasteiger partial charge in [0.1, 0.15) is 0 Å². The molecule has 0 spiro atoms. The van der Waals surface area contributed by atoms with E-state index in [1.165, 1.54) is 10.9 Å². The van der Waals surface area contributed by atoms with Gasteiger partial charge in [-0.15, -0.1) is 0 Å². The van der Waals surface area contributed by atoms with Gasteiger partial charge < -0.3 is 10.3 Å². The SMILES string of the molecule is O=C1CC(c2ccc3[nH]ccc3c2)CN1. The van der Waals surface area contributed by atoms with Crippen molar-refractivity contribution in [1.82, 2.24) is 10.3 Å². The Hall–Kier alpha value is -1.77. The van der Waals surface area contributed by atoms with Gasteiger partial charge >= 0.3 is 0 Å². The predicted octanol–water partition coefficient (Wildman–Crippen LogP) is 1.77. The zero-order chi connectivity index (χ0) is 10.3. The van der Waals surface area contributed by atoms with Gasteiger partial charge in [-0.05, 0) is 29.1 Å². The van der Waals surface area contributed by atoms with E-state index in [9.17, 15) is 4.79 Å². The second kappa shape index (κ2) is 3.12. The average molecular weight is 200 g/mol. The fraction of sp³-hybridized carbons (Fsp3) is 0.250. The Morgan fingerprint density at radius 2 is 2.20 bits per heavy atom. The smallest absolute Gasteiger partial charge is 0.220 e. The van der Waals surface area contributed by atoms with Crippen molar-refractivity contribution in [2.75, 3.05) is 6.54 Å². The summed E-state index contributed by atoms with van der Waals surface area (Å²) in [6.07, 6.45) is 2.56. The summed E-state index contributed by atoms with van der Waals surface area (Å²) in [5.74, 6) is 0.506. The highest BCUT2D eigenvalue weighted by Crippen LogP contribution is 2.25. The minimum absolute atomic E-state index is 0.161. The molecule has 3 nitrogen and oxygen atoms in total. The van der Waals surface area contributed by atoms with Crippen LogP contribution in [0.25, 0.3) is 10.9 Å². The number of rotatable bonds is 1. The molecule has 1 amide bonds. The van der Waals surface area contributed by atoms with Crippen molar-refractivity contribution in [3.05, 3.63) is 36.0 Å². The molecule has 1 fully saturated rings. The van der Waals surface area contributed by atoms with Gasteiger partial charge in [-0.2, -0.15) is 0 Å². The van der Waals surface area contributed by atoms with Crippen LogP contribution in [0.4, 0.5) is 0 Å². The fourth-order valence-electron chi connectivity index (χ4n) is 2.17. The highest BCUT2D eigenvalue weighted by Gasteiger charge is 2.22. The van der Waals surface area contributed by atoms with E-state index >= 15 is 0 Å². The van der Waals surface area contributed by atoms with Crippen molar-refractivity contribution < 1.29 is 4.79 Å². The molecule has 15 heavy (non-hydrogen) atoms. The Bertz CT molecular complexity index is 515. The van der Waals surface area contributed by atoms with Crippen LogP contribution in [0.2, 0.25) is 0 Å². The molecule has 1 aliphatic rings. The Balaban J connectivity index is 2.00. The highest BCUT2D eigenvalue weighted by atomic mass is 16.1. The summed E-state index contributed by atoms with van der Waals surface area (Å²) in [7, 11) is 0. The lowest BCUT2D eigenvalue weighted by Gasteiger charge is -2.07. The van der Waals surface area contributed by atoms with Gasteiger partial charge in [0.05, 0.1) is 0 Å². The zero-order valence-corrected chi connectivity index (χ0v) is 8.29. The number of benzene rings is 1. The van der Waals surface area contributed by atoms with Gasteiger partial charge in [0.25, 0.3) is 0 Å². The monoisotopic (exact) mass is 200 g/mol. The highest BCUT2D eigenvalue weighted by molar-refractivity contribution is 5.82. The van der Waals surface area contributed by atoms with E-state index < -0.39 is 0 Å². The van der Waals surface area contributed by atoms with Crippen molar-refractivity contribution in [2.24, 2.45) is 0 Å².